The van der Waals surface area contributed by atoms with Crippen molar-refractivity contribution >= 4 is 29.9 Å². The maximum atomic E-state index is 13.3. The van der Waals surface area contributed by atoms with E-state index in [-0.39, 0.29) is 34.8 Å². The van der Waals surface area contributed by atoms with Crippen molar-refractivity contribution in [3.63, 3.8) is 0 Å². The molecule has 1 aliphatic carbocycles. The van der Waals surface area contributed by atoms with Gasteiger partial charge in [-0.3, -0.25) is 14.4 Å². The monoisotopic (exact) mass is 452 g/mol. The van der Waals surface area contributed by atoms with Crippen LogP contribution in [-0.4, -0.2) is 69.0 Å². The molecule has 8 nitrogen and oxygen atoms in total. The van der Waals surface area contributed by atoms with Crippen molar-refractivity contribution in [3.8, 4) is 0 Å². The molecule has 1 fully saturated rings. The van der Waals surface area contributed by atoms with Crippen LogP contribution in [0.25, 0.3) is 0 Å². The Balaban J connectivity index is 2.23. The SMILES string of the molecule is CC(C)C[C@@H](C(=O)c1nnc(SC(C)(C)C(=O)N(C)C)o1)N(C=O)C1CCCCCC1. The fraction of sp³-hybridized carbons (Fsp3) is 0.773. The van der Waals surface area contributed by atoms with Crippen molar-refractivity contribution in [1.29, 1.82) is 0 Å². The molecule has 0 aliphatic heterocycles. The smallest absolute Gasteiger partial charge is 0.286 e. The van der Waals surface area contributed by atoms with Gasteiger partial charge in [0.2, 0.25) is 18.1 Å². The lowest BCUT2D eigenvalue weighted by Crippen LogP contribution is -2.47. The van der Waals surface area contributed by atoms with Gasteiger partial charge in [0, 0.05) is 20.1 Å². The second kappa shape index (κ2) is 11.1. The van der Waals surface area contributed by atoms with Gasteiger partial charge in [0.05, 0.1) is 4.75 Å². The summed E-state index contributed by atoms with van der Waals surface area (Å²) in [4.78, 5) is 41.0. The maximum Gasteiger partial charge on any atom is 0.286 e. The lowest BCUT2D eigenvalue weighted by atomic mass is 9.95. The number of Topliss-reactive ketones (excluding diaryl/α,β-unsaturated/α-hetero) is 1. The number of hydrogen-bond acceptors (Lipinski definition) is 7. The predicted molar refractivity (Wildman–Crippen MR) is 120 cm³/mol. The molecule has 9 heteroatoms. The maximum absolute atomic E-state index is 13.3. The van der Waals surface area contributed by atoms with E-state index >= 15 is 0 Å². The van der Waals surface area contributed by atoms with Gasteiger partial charge in [0.25, 0.3) is 11.1 Å². The van der Waals surface area contributed by atoms with E-state index in [1.54, 1.807) is 32.8 Å². The number of rotatable bonds is 10. The first-order valence-electron chi connectivity index (χ1n) is 11.1. The fourth-order valence-corrected chi connectivity index (χ4v) is 4.98. The third-order valence-electron chi connectivity index (χ3n) is 5.61. The number of carbonyl (C=O) groups excluding carboxylic acids is 3. The molecule has 0 aromatic carbocycles. The molecule has 0 bridgehead atoms. The van der Waals surface area contributed by atoms with E-state index in [2.05, 4.69) is 10.2 Å². The molecule has 2 rings (SSSR count). The molecule has 31 heavy (non-hydrogen) atoms. The van der Waals surface area contributed by atoms with Gasteiger partial charge < -0.3 is 14.2 Å². The molecule has 1 heterocycles. The van der Waals surface area contributed by atoms with Gasteiger partial charge in [-0.05, 0) is 50.8 Å². The Bertz CT molecular complexity index is 754. The largest absolute Gasteiger partial charge is 0.408 e. The van der Waals surface area contributed by atoms with Crippen molar-refractivity contribution in [1.82, 2.24) is 20.0 Å². The second-order valence-electron chi connectivity index (χ2n) is 9.39. The molecule has 0 N–H and O–H groups in total. The molecule has 174 valence electrons. The summed E-state index contributed by atoms with van der Waals surface area (Å²) < 4.78 is 4.84. The summed E-state index contributed by atoms with van der Waals surface area (Å²) in [5.74, 6) is -0.319. The van der Waals surface area contributed by atoms with Crippen LogP contribution in [0.5, 0.6) is 0 Å². The molecule has 0 spiro atoms. The summed E-state index contributed by atoms with van der Waals surface area (Å²) in [6, 6.07) is -0.573. The van der Waals surface area contributed by atoms with Crippen LogP contribution in [0.4, 0.5) is 0 Å². The van der Waals surface area contributed by atoms with Crippen LogP contribution in [0.3, 0.4) is 0 Å². The fourth-order valence-electron chi connectivity index (χ4n) is 4.07. The highest BCUT2D eigenvalue weighted by molar-refractivity contribution is 8.01. The zero-order valence-corrected chi connectivity index (χ0v) is 20.4. The van der Waals surface area contributed by atoms with Crippen molar-refractivity contribution in [3.05, 3.63) is 5.89 Å². The number of hydrogen-bond donors (Lipinski definition) is 0. The highest BCUT2D eigenvalue weighted by Gasteiger charge is 2.36. The highest BCUT2D eigenvalue weighted by atomic mass is 32.2. The van der Waals surface area contributed by atoms with Gasteiger partial charge >= 0.3 is 0 Å². The third-order valence-corrected chi connectivity index (χ3v) is 6.63. The van der Waals surface area contributed by atoms with Crippen LogP contribution in [0.1, 0.15) is 83.3 Å². The molecular formula is C22H36N4O4S. The van der Waals surface area contributed by atoms with Gasteiger partial charge in [-0.2, -0.15) is 0 Å². The Morgan fingerprint density at radius 1 is 1.16 bits per heavy atom. The number of thioether (sulfide) groups is 1. The summed E-state index contributed by atoms with van der Waals surface area (Å²) in [5.41, 5.74) is 0. The average molecular weight is 453 g/mol. The van der Waals surface area contributed by atoms with E-state index in [4.69, 9.17) is 4.42 Å². The second-order valence-corrected chi connectivity index (χ2v) is 11.0. The Labute approximate surface area is 189 Å². The van der Waals surface area contributed by atoms with Crippen molar-refractivity contribution in [2.45, 2.75) is 94.7 Å². The lowest BCUT2D eigenvalue weighted by molar-refractivity contribution is -0.130. The number of amides is 2. The zero-order valence-electron chi connectivity index (χ0n) is 19.6. The summed E-state index contributed by atoms with van der Waals surface area (Å²) >= 11 is 1.12. The number of ketones is 1. The number of carbonyl (C=O) groups is 3. The Hall–Kier alpha value is -1.90. The van der Waals surface area contributed by atoms with Gasteiger partial charge in [0.1, 0.15) is 6.04 Å². The van der Waals surface area contributed by atoms with E-state index in [9.17, 15) is 14.4 Å². The average Bonchev–Trinajstić information content (AvgIpc) is 2.98. The first kappa shape index (κ1) is 25.4. The number of aromatic nitrogens is 2. The van der Waals surface area contributed by atoms with Crippen molar-refractivity contribution < 1.29 is 18.8 Å². The molecule has 1 saturated carbocycles. The minimum Gasteiger partial charge on any atom is -0.408 e. The summed E-state index contributed by atoms with van der Waals surface area (Å²) in [7, 11) is 3.37. The quantitative estimate of drug-likeness (QED) is 0.230. The van der Waals surface area contributed by atoms with E-state index in [0.717, 1.165) is 56.7 Å². The van der Waals surface area contributed by atoms with Crippen molar-refractivity contribution in [2.75, 3.05) is 14.1 Å². The Morgan fingerprint density at radius 3 is 2.29 bits per heavy atom. The zero-order chi connectivity index (χ0) is 23.2. The van der Waals surface area contributed by atoms with E-state index in [0.29, 0.717) is 6.42 Å². The standard InChI is InChI=1S/C22H36N4O4S/c1-15(2)13-17(26(14-27)16-11-9-7-8-10-12-16)18(28)19-23-24-21(30-19)31-22(3,4)20(29)25(5)6/h14-17H,7-13H2,1-6H3/t17-/m0/s1. The van der Waals surface area contributed by atoms with Gasteiger partial charge in [-0.1, -0.05) is 39.5 Å². The molecule has 1 aromatic rings. The van der Waals surface area contributed by atoms with Crippen LogP contribution >= 0.6 is 11.8 Å². The van der Waals surface area contributed by atoms with Crippen LogP contribution in [0, 0.1) is 5.92 Å². The predicted octanol–water partition coefficient (Wildman–Crippen LogP) is 3.81. The van der Waals surface area contributed by atoms with E-state index < -0.39 is 10.8 Å². The molecule has 2 amide bonds. The normalized spacial score (nSPS) is 16.6. The minimum absolute atomic E-state index is 0.0566. The molecule has 0 radical (unpaired) electrons. The first-order valence-corrected chi connectivity index (χ1v) is 11.9. The molecular weight excluding hydrogens is 416 g/mol. The summed E-state index contributed by atoms with van der Waals surface area (Å²) in [5, 5.41) is 8.11. The molecule has 1 aliphatic rings. The van der Waals surface area contributed by atoms with Gasteiger partial charge in [-0.25, -0.2) is 0 Å². The minimum atomic E-state index is -0.817. The third kappa shape index (κ3) is 6.79. The van der Waals surface area contributed by atoms with E-state index in [1.165, 1.54) is 4.90 Å². The highest BCUT2D eigenvalue weighted by Crippen LogP contribution is 2.33. The van der Waals surface area contributed by atoms with E-state index in [1.807, 2.05) is 13.8 Å². The van der Waals surface area contributed by atoms with Crippen LogP contribution in [0.15, 0.2) is 9.64 Å². The van der Waals surface area contributed by atoms with Crippen molar-refractivity contribution in [2.24, 2.45) is 5.92 Å². The summed E-state index contributed by atoms with van der Waals surface area (Å²) in [6.45, 7) is 7.60. The molecule has 0 saturated heterocycles. The van der Waals surface area contributed by atoms with Crippen LogP contribution in [-0.2, 0) is 9.59 Å². The summed E-state index contributed by atoms with van der Waals surface area (Å²) in [6.07, 6.45) is 7.62. The molecule has 1 atom stereocenters. The topological polar surface area (TPSA) is 96.6 Å². The van der Waals surface area contributed by atoms with Crippen LogP contribution in [0.2, 0.25) is 0 Å². The number of nitrogens with zero attached hydrogens (tertiary/aromatic N) is 4. The molecule has 1 aromatic heterocycles. The lowest BCUT2D eigenvalue weighted by Gasteiger charge is -2.34. The van der Waals surface area contributed by atoms with Gasteiger partial charge in [0.15, 0.2) is 0 Å². The Kier molecular flexibility index (Phi) is 9.09. The van der Waals surface area contributed by atoms with Crippen LogP contribution < -0.4 is 0 Å². The van der Waals surface area contributed by atoms with Gasteiger partial charge in [-0.15, -0.1) is 10.2 Å². The Morgan fingerprint density at radius 2 is 1.77 bits per heavy atom. The first-order chi connectivity index (χ1) is 14.6. The molecule has 0 unspecified atom stereocenters.